The van der Waals surface area contributed by atoms with Gasteiger partial charge in [0.25, 0.3) is 0 Å². The Morgan fingerprint density at radius 1 is 1.25 bits per heavy atom. The number of rotatable bonds is 6. The van der Waals surface area contributed by atoms with Gasteiger partial charge in [0.05, 0.1) is 1.37 Å². The van der Waals surface area contributed by atoms with Crippen LogP contribution in [-0.4, -0.2) is 5.91 Å². The van der Waals surface area contributed by atoms with Crippen LogP contribution in [0.4, 0.5) is 0 Å². The van der Waals surface area contributed by atoms with Crippen LogP contribution in [0.15, 0.2) is 24.2 Å². The molecule has 110 valence electrons. The molecule has 1 saturated carbocycles. The lowest BCUT2D eigenvalue weighted by Crippen LogP contribution is -2.14. The van der Waals surface area contributed by atoms with Crippen LogP contribution in [0.1, 0.15) is 81.5 Å². The summed E-state index contributed by atoms with van der Waals surface area (Å²) >= 11 is 0. The predicted molar refractivity (Wildman–Crippen MR) is 83.8 cm³/mol. The Morgan fingerprint density at radius 2 is 2.00 bits per heavy atom. The van der Waals surface area contributed by atoms with Gasteiger partial charge >= 0.3 is 0 Å². The zero-order valence-electron chi connectivity index (χ0n) is 13.5. The second-order valence-corrected chi connectivity index (χ2v) is 6.11. The highest BCUT2D eigenvalue weighted by Crippen LogP contribution is 2.37. The zero-order valence-corrected chi connectivity index (χ0v) is 12.5. The minimum Gasteiger partial charge on any atom is -0.366 e. The van der Waals surface area contributed by atoms with Crippen molar-refractivity contribution >= 4 is 5.91 Å². The summed E-state index contributed by atoms with van der Waals surface area (Å²) in [5, 5.41) is 0. The average molecular weight is 274 g/mol. The molecule has 0 unspecified atom stereocenters. The molecule has 1 aromatic rings. The van der Waals surface area contributed by atoms with E-state index in [1.807, 2.05) is 12.1 Å². The van der Waals surface area contributed by atoms with Crippen LogP contribution in [0, 0.1) is 5.92 Å². The summed E-state index contributed by atoms with van der Waals surface area (Å²) in [6.07, 6.45) is 10.4. The number of hydrogen-bond donors (Lipinski definition) is 1. The molecule has 1 aromatic carbocycles. The standard InChI is InChI=1S/C18H27NO/c1-2-3-4-5-14-6-8-15(9-7-14)16-10-12-17(13-11-16)18(19)20/h10-15H,2-9H2,1H3,(H2,19,20)/i12D. The Hall–Kier alpha value is -1.31. The first-order valence-electron chi connectivity index (χ1n) is 8.52. The number of carbonyl (C=O) groups excluding carboxylic acids is 1. The van der Waals surface area contributed by atoms with Crippen molar-refractivity contribution in [2.45, 2.75) is 64.2 Å². The highest BCUT2D eigenvalue weighted by Gasteiger charge is 2.22. The van der Waals surface area contributed by atoms with Crippen LogP contribution in [0.3, 0.4) is 0 Å². The number of primary amides is 1. The van der Waals surface area contributed by atoms with E-state index in [4.69, 9.17) is 7.10 Å². The van der Waals surface area contributed by atoms with Gasteiger partial charge in [0.1, 0.15) is 0 Å². The lowest BCUT2D eigenvalue weighted by molar-refractivity contribution is 0.100. The SMILES string of the molecule is [2H]c1cc(C2CCC(CCCCC)CC2)ccc1C(N)=O. The maximum Gasteiger partial charge on any atom is 0.248 e. The van der Waals surface area contributed by atoms with Gasteiger partial charge in [-0.05, 0) is 55.2 Å². The Bertz CT molecular complexity index is 478. The number of unbranched alkanes of at least 4 members (excludes halogenated alkanes) is 2. The summed E-state index contributed by atoms with van der Waals surface area (Å²) in [5.74, 6) is 0.942. The molecule has 0 radical (unpaired) electrons. The van der Waals surface area contributed by atoms with E-state index in [1.165, 1.54) is 56.9 Å². The molecular formula is C18H27NO. The number of nitrogens with two attached hydrogens (primary N) is 1. The number of carbonyl (C=O) groups is 1. The molecule has 1 aliphatic carbocycles. The van der Waals surface area contributed by atoms with E-state index in [9.17, 15) is 4.79 Å². The quantitative estimate of drug-likeness (QED) is 0.754. The fraction of sp³-hybridized carbons (Fsp3) is 0.611. The molecule has 2 N–H and O–H groups in total. The summed E-state index contributed by atoms with van der Waals surface area (Å²) in [4.78, 5) is 11.2. The molecule has 0 atom stereocenters. The van der Waals surface area contributed by atoms with E-state index in [1.54, 1.807) is 6.07 Å². The largest absolute Gasteiger partial charge is 0.366 e. The van der Waals surface area contributed by atoms with E-state index < -0.39 is 5.91 Å². The third-order valence-electron chi connectivity index (χ3n) is 4.64. The molecule has 1 amide bonds. The molecule has 0 bridgehead atoms. The normalized spacial score (nSPS) is 23.4. The van der Waals surface area contributed by atoms with Crippen LogP contribution >= 0.6 is 0 Å². The molecule has 2 rings (SSSR count). The van der Waals surface area contributed by atoms with Crippen LogP contribution in [-0.2, 0) is 0 Å². The van der Waals surface area contributed by atoms with E-state index in [-0.39, 0.29) is 6.04 Å². The maximum absolute atomic E-state index is 11.2. The van der Waals surface area contributed by atoms with Gasteiger partial charge in [0.15, 0.2) is 0 Å². The lowest BCUT2D eigenvalue weighted by Gasteiger charge is -2.29. The smallest absolute Gasteiger partial charge is 0.248 e. The van der Waals surface area contributed by atoms with Crippen molar-refractivity contribution in [2.75, 3.05) is 0 Å². The van der Waals surface area contributed by atoms with E-state index in [2.05, 4.69) is 6.92 Å². The summed E-state index contributed by atoms with van der Waals surface area (Å²) in [6, 6.07) is 5.81. The summed E-state index contributed by atoms with van der Waals surface area (Å²) in [7, 11) is 0. The van der Waals surface area contributed by atoms with Crippen LogP contribution in [0.2, 0.25) is 0 Å². The average Bonchev–Trinajstić information content (AvgIpc) is 2.48. The summed E-state index contributed by atoms with van der Waals surface area (Å²) in [6.45, 7) is 2.26. The molecule has 0 aromatic heterocycles. The molecule has 1 fully saturated rings. The van der Waals surface area contributed by atoms with Crippen LogP contribution in [0.25, 0.3) is 0 Å². The summed E-state index contributed by atoms with van der Waals surface area (Å²) in [5.41, 5.74) is 6.79. The minimum absolute atomic E-state index is 0.269. The number of hydrogen-bond acceptors (Lipinski definition) is 1. The van der Waals surface area contributed by atoms with Gasteiger partial charge in [-0.1, -0.05) is 44.7 Å². The third-order valence-corrected chi connectivity index (χ3v) is 4.64. The van der Waals surface area contributed by atoms with Gasteiger partial charge < -0.3 is 5.73 Å². The topological polar surface area (TPSA) is 43.1 Å². The molecule has 0 saturated heterocycles. The van der Waals surface area contributed by atoms with Crippen molar-refractivity contribution in [1.82, 2.24) is 0 Å². The molecule has 2 nitrogen and oxygen atoms in total. The molecule has 0 heterocycles. The lowest BCUT2D eigenvalue weighted by atomic mass is 9.77. The van der Waals surface area contributed by atoms with Crippen molar-refractivity contribution in [3.05, 3.63) is 35.4 Å². The molecular weight excluding hydrogens is 246 g/mol. The van der Waals surface area contributed by atoms with Gasteiger partial charge in [-0.3, -0.25) is 4.79 Å². The van der Waals surface area contributed by atoms with Crippen LogP contribution in [0.5, 0.6) is 0 Å². The van der Waals surface area contributed by atoms with Gasteiger partial charge in [-0.2, -0.15) is 0 Å². The molecule has 1 aliphatic rings. The van der Waals surface area contributed by atoms with Gasteiger partial charge in [0.2, 0.25) is 5.91 Å². The van der Waals surface area contributed by atoms with Gasteiger partial charge in [-0.25, -0.2) is 0 Å². The summed E-state index contributed by atoms with van der Waals surface area (Å²) < 4.78 is 7.91. The first-order valence-corrected chi connectivity index (χ1v) is 8.02. The van der Waals surface area contributed by atoms with E-state index in [0.29, 0.717) is 11.5 Å². The zero-order chi connectivity index (χ0) is 15.2. The molecule has 0 spiro atoms. The molecule has 2 heteroatoms. The Morgan fingerprint density at radius 3 is 2.60 bits per heavy atom. The first kappa shape index (κ1) is 13.7. The highest BCUT2D eigenvalue weighted by molar-refractivity contribution is 5.92. The van der Waals surface area contributed by atoms with Crippen molar-refractivity contribution in [2.24, 2.45) is 11.7 Å². The highest BCUT2D eigenvalue weighted by atomic mass is 16.1. The van der Waals surface area contributed by atoms with Crippen LogP contribution < -0.4 is 5.73 Å². The van der Waals surface area contributed by atoms with E-state index >= 15 is 0 Å². The van der Waals surface area contributed by atoms with Gasteiger partial charge in [-0.15, -0.1) is 0 Å². The van der Waals surface area contributed by atoms with Gasteiger partial charge in [0, 0.05) is 5.56 Å². The van der Waals surface area contributed by atoms with Crippen molar-refractivity contribution in [3.8, 4) is 0 Å². The monoisotopic (exact) mass is 274 g/mol. The van der Waals surface area contributed by atoms with E-state index in [0.717, 1.165) is 5.92 Å². The second kappa shape index (κ2) is 7.47. The Balaban J connectivity index is 1.90. The van der Waals surface area contributed by atoms with Crippen molar-refractivity contribution in [3.63, 3.8) is 0 Å². The third kappa shape index (κ3) is 4.09. The number of amides is 1. The molecule has 0 aliphatic heterocycles. The fourth-order valence-electron chi connectivity index (χ4n) is 3.31. The minimum atomic E-state index is -0.508. The molecule has 20 heavy (non-hydrogen) atoms. The fourth-order valence-corrected chi connectivity index (χ4v) is 3.31. The Kier molecular flexibility index (Phi) is 5.10. The second-order valence-electron chi connectivity index (χ2n) is 6.11. The first-order chi connectivity index (χ1) is 10.1. The van der Waals surface area contributed by atoms with Crippen molar-refractivity contribution < 1.29 is 6.17 Å². The maximum atomic E-state index is 11.2. The number of benzene rings is 1. The Labute approximate surface area is 124 Å². The van der Waals surface area contributed by atoms with Crippen molar-refractivity contribution in [1.29, 1.82) is 0 Å². The predicted octanol–water partition coefficient (Wildman–Crippen LogP) is 4.64.